The van der Waals surface area contributed by atoms with E-state index in [1.54, 1.807) is 6.20 Å². The van der Waals surface area contributed by atoms with Gasteiger partial charge in [-0.15, -0.1) is 0 Å². The quantitative estimate of drug-likeness (QED) is 0.868. The van der Waals surface area contributed by atoms with E-state index in [4.69, 9.17) is 0 Å². The second-order valence-electron chi connectivity index (χ2n) is 6.04. The molecule has 0 amide bonds. The smallest absolute Gasteiger partial charge is 0.0964 e. The van der Waals surface area contributed by atoms with Crippen molar-refractivity contribution in [1.29, 1.82) is 0 Å². The molecule has 19 heavy (non-hydrogen) atoms. The monoisotopic (exact) mass is 256 g/mol. The fourth-order valence-electron chi connectivity index (χ4n) is 2.98. The van der Waals surface area contributed by atoms with Gasteiger partial charge in [-0.05, 0) is 32.8 Å². The number of aliphatic hydroxyl groups is 1. The molecule has 0 bridgehead atoms. The topological polar surface area (TPSA) is 45.2 Å². The number of aliphatic hydroxyl groups excluding tert-OH is 1. The number of aromatic nitrogens is 1. The molecule has 0 unspecified atom stereocenters. The molecule has 2 heterocycles. The Kier molecular flexibility index (Phi) is 3.03. The third kappa shape index (κ3) is 2.36. The van der Waals surface area contributed by atoms with E-state index in [9.17, 15) is 5.11 Å². The summed E-state index contributed by atoms with van der Waals surface area (Å²) in [6.45, 7) is 4.36. The summed E-state index contributed by atoms with van der Waals surface area (Å²) < 4.78 is 0. The van der Waals surface area contributed by atoms with Gasteiger partial charge in [-0.2, -0.15) is 0 Å². The SMILES string of the molecule is CC1(C)CC[C@@H]([C@H](O)c2cccc3cccnc23)N1. The lowest BCUT2D eigenvalue weighted by Gasteiger charge is -2.24. The van der Waals surface area contributed by atoms with Gasteiger partial charge in [-0.3, -0.25) is 4.98 Å². The van der Waals surface area contributed by atoms with Crippen molar-refractivity contribution in [2.45, 2.75) is 44.4 Å². The maximum absolute atomic E-state index is 10.6. The lowest BCUT2D eigenvalue weighted by Crippen LogP contribution is -2.40. The van der Waals surface area contributed by atoms with Crippen LogP contribution in [0.25, 0.3) is 10.9 Å². The maximum Gasteiger partial charge on any atom is 0.0964 e. The van der Waals surface area contributed by atoms with Crippen LogP contribution >= 0.6 is 0 Å². The third-order valence-electron chi connectivity index (χ3n) is 4.02. The summed E-state index contributed by atoms with van der Waals surface area (Å²) in [6.07, 6.45) is 3.37. The van der Waals surface area contributed by atoms with Crippen molar-refractivity contribution in [3.63, 3.8) is 0 Å². The molecule has 3 nitrogen and oxygen atoms in total. The summed E-state index contributed by atoms with van der Waals surface area (Å²) in [5.74, 6) is 0. The second-order valence-corrected chi connectivity index (χ2v) is 6.04. The van der Waals surface area contributed by atoms with Crippen molar-refractivity contribution in [3.05, 3.63) is 42.1 Å². The minimum absolute atomic E-state index is 0.114. The molecule has 1 aromatic carbocycles. The molecular weight excluding hydrogens is 236 g/mol. The van der Waals surface area contributed by atoms with Crippen molar-refractivity contribution in [3.8, 4) is 0 Å². The highest BCUT2D eigenvalue weighted by Gasteiger charge is 2.35. The first-order valence-corrected chi connectivity index (χ1v) is 6.86. The standard InChI is InChI=1S/C16H20N2O/c1-16(2)9-8-13(18-16)15(19)12-7-3-5-11-6-4-10-17-14(11)12/h3-7,10,13,15,18-19H,8-9H2,1-2H3/t13-,15+/m0/s1. The molecule has 0 saturated carbocycles. The summed E-state index contributed by atoms with van der Waals surface area (Å²) in [4.78, 5) is 4.42. The molecule has 0 aliphatic carbocycles. The molecule has 2 atom stereocenters. The molecule has 1 aromatic heterocycles. The minimum Gasteiger partial charge on any atom is -0.387 e. The summed E-state index contributed by atoms with van der Waals surface area (Å²) in [6, 6.07) is 10.1. The minimum atomic E-state index is -0.500. The zero-order valence-corrected chi connectivity index (χ0v) is 11.4. The summed E-state index contributed by atoms with van der Waals surface area (Å²) in [5.41, 5.74) is 1.95. The van der Waals surface area contributed by atoms with Gasteiger partial charge in [-0.1, -0.05) is 24.3 Å². The largest absolute Gasteiger partial charge is 0.387 e. The average molecular weight is 256 g/mol. The van der Waals surface area contributed by atoms with E-state index in [0.29, 0.717) is 0 Å². The molecular formula is C16H20N2O. The van der Waals surface area contributed by atoms with Crippen LogP contribution in [0.4, 0.5) is 0 Å². The van der Waals surface area contributed by atoms with Crippen LogP contribution in [0.1, 0.15) is 38.4 Å². The van der Waals surface area contributed by atoms with Crippen molar-refractivity contribution >= 4 is 10.9 Å². The molecule has 3 rings (SSSR count). The molecule has 2 N–H and O–H groups in total. The van der Waals surface area contributed by atoms with Crippen molar-refractivity contribution in [1.82, 2.24) is 10.3 Å². The zero-order chi connectivity index (χ0) is 13.5. The van der Waals surface area contributed by atoms with Crippen molar-refractivity contribution < 1.29 is 5.11 Å². The number of nitrogens with zero attached hydrogens (tertiary/aromatic N) is 1. The van der Waals surface area contributed by atoms with Gasteiger partial charge in [0.05, 0.1) is 11.6 Å². The Labute approximate surface area is 113 Å². The van der Waals surface area contributed by atoms with E-state index in [1.165, 1.54) is 0 Å². The number of para-hydroxylation sites is 1. The molecule has 1 fully saturated rings. The summed E-state index contributed by atoms with van der Waals surface area (Å²) in [7, 11) is 0. The van der Waals surface area contributed by atoms with Crippen molar-refractivity contribution in [2.24, 2.45) is 0 Å². The Bertz CT molecular complexity index is 589. The Morgan fingerprint density at radius 2 is 2.11 bits per heavy atom. The highest BCUT2D eigenvalue weighted by Crippen LogP contribution is 2.32. The van der Waals surface area contributed by atoms with Crippen LogP contribution in [0.3, 0.4) is 0 Å². The zero-order valence-electron chi connectivity index (χ0n) is 11.4. The fraction of sp³-hybridized carbons (Fsp3) is 0.438. The van der Waals surface area contributed by atoms with Gasteiger partial charge in [-0.25, -0.2) is 0 Å². The summed E-state index contributed by atoms with van der Waals surface area (Å²) >= 11 is 0. The molecule has 0 radical (unpaired) electrons. The number of fused-ring (bicyclic) bond motifs is 1. The van der Waals surface area contributed by atoms with E-state index in [2.05, 4.69) is 24.1 Å². The first-order valence-electron chi connectivity index (χ1n) is 6.86. The molecule has 1 aliphatic heterocycles. The maximum atomic E-state index is 10.6. The molecule has 1 aliphatic rings. The number of hydrogen-bond donors (Lipinski definition) is 2. The van der Waals surface area contributed by atoms with E-state index in [1.807, 2.05) is 30.3 Å². The number of rotatable bonds is 2. The van der Waals surface area contributed by atoms with Crippen LogP contribution in [0.15, 0.2) is 36.5 Å². The molecule has 2 aromatic rings. The number of hydrogen-bond acceptors (Lipinski definition) is 3. The average Bonchev–Trinajstić information content (AvgIpc) is 2.78. The van der Waals surface area contributed by atoms with Gasteiger partial charge >= 0.3 is 0 Å². The highest BCUT2D eigenvalue weighted by molar-refractivity contribution is 5.81. The molecule has 1 saturated heterocycles. The van der Waals surface area contributed by atoms with Crippen molar-refractivity contribution in [2.75, 3.05) is 0 Å². The Morgan fingerprint density at radius 3 is 2.84 bits per heavy atom. The van der Waals surface area contributed by atoms with Gasteiger partial charge < -0.3 is 10.4 Å². The van der Waals surface area contributed by atoms with Crippen LogP contribution in [0.5, 0.6) is 0 Å². The predicted octanol–water partition coefficient (Wildman–Crippen LogP) is 2.80. The Hall–Kier alpha value is -1.45. The van der Waals surface area contributed by atoms with E-state index in [-0.39, 0.29) is 11.6 Å². The predicted molar refractivity (Wildman–Crippen MR) is 76.9 cm³/mol. The van der Waals surface area contributed by atoms with Crippen LogP contribution in [0.2, 0.25) is 0 Å². The number of nitrogens with one attached hydrogen (secondary N) is 1. The van der Waals surface area contributed by atoms with E-state index >= 15 is 0 Å². The second kappa shape index (κ2) is 4.58. The third-order valence-corrected chi connectivity index (χ3v) is 4.02. The van der Waals surface area contributed by atoms with E-state index in [0.717, 1.165) is 29.3 Å². The normalized spacial score (nSPS) is 23.6. The number of pyridine rings is 1. The first-order chi connectivity index (χ1) is 9.07. The van der Waals surface area contributed by atoms with Crippen LogP contribution in [-0.4, -0.2) is 21.7 Å². The highest BCUT2D eigenvalue weighted by atomic mass is 16.3. The van der Waals surface area contributed by atoms with E-state index < -0.39 is 6.10 Å². The fourth-order valence-corrected chi connectivity index (χ4v) is 2.98. The number of benzene rings is 1. The Balaban J connectivity index is 1.96. The summed E-state index contributed by atoms with van der Waals surface area (Å²) in [5, 5.41) is 15.2. The van der Waals surface area contributed by atoms with Gasteiger partial charge in [0.2, 0.25) is 0 Å². The first kappa shape index (κ1) is 12.6. The Morgan fingerprint density at radius 1 is 1.32 bits per heavy atom. The molecule has 100 valence electrons. The molecule has 3 heteroatoms. The van der Waals surface area contributed by atoms with Gasteiger partial charge in [0, 0.05) is 28.7 Å². The lowest BCUT2D eigenvalue weighted by molar-refractivity contribution is 0.133. The van der Waals surface area contributed by atoms with Crippen LogP contribution in [0, 0.1) is 0 Å². The van der Waals surface area contributed by atoms with Gasteiger partial charge in [0.1, 0.15) is 0 Å². The van der Waals surface area contributed by atoms with Gasteiger partial charge in [0.15, 0.2) is 0 Å². The van der Waals surface area contributed by atoms with Crippen LogP contribution in [-0.2, 0) is 0 Å². The lowest BCUT2D eigenvalue weighted by atomic mass is 9.98. The van der Waals surface area contributed by atoms with Gasteiger partial charge in [0.25, 0.3) is 0 Å². The molecule has 0 spiro atoms. The van der Waals surface area contributed by atoms with Crippen LogP contribution < -0.4 is 5.32 Å².